The molecule has 0 spiro atoms. The summed E-state index contributed by atoms with van der Waals surface area (Å²) < 4.78 is 5.00. The Morgan fingerprint density at radius 2 is 2.25 bits per heavy atom. The Kier molecular flexibility index (Phi) is 5.19. The molecule has 0 saturated heterocycles. The summed E-state index contributed by atoms with van der Waals surface area (Å²) >= 11 is 0. The van der Waals surface area contributed by atoms with Crippen molar-refractivity contribution in [2.75, 3.05) is 17.7 Å². The molecular weight excluding hydrogens is 204 g/mol. The van der Waals surface area contributed by atoms with Gasteiger partial charge in [-0.3, -0.25) is 5.32 Å². The number of benzene rings is 1. The first-order valence-electron chi connectivity index (χ1n) is 5.51. The number of hydrogen-bond donors (Lipinski definition) is 2. The fourth-order valence-corrected chi connectivity index (χ4v) is 1.29. The van der Waals surface area contributed by atoms with E-state index in [1.807, 2.05) is 0 Å². The van der Waals surface area contributed by atoms with Crippen molar-refractivity contribution in [2.45, 2.75) is 26.2 Å². The summed E-state index contributed by atoms with van der Waals surface area (Å²) in [6.45, 7) is 2.56. The third-order valence-electron chi connectivity index (χ3n) is 2.11. The number of ether oxygens (including phenoxy) is 1. The lowest BCUT2D eigenvalue weighted by Crippen LogP contribution is -2.14. The van der Waals surface area contributed by atoms with Crippen molar-refractivity contribution < 1.29 is 9.53 Å². The Balaban J connectivity index is 2.29. The first kappa shape index (κ1) is 12.4. The summed E-state index contributed by atoms with van der Waals surface area (Å²) in [5.74, 6) is 0. The Hall–Kier alpha value is -1.71. The second kappa shape index (κ2) is 6.71. The van der Waals surface area contributed by atoms with Crippen LogP contribution in [0.3, 0.4) is 0 Å². The largest absolute Gasteiger partial charge is 0.449 e. The van der Waals surface area contributed by atoms with E-state index in [-0.39, 0.29) is 0 Å². The maximum atomic E-state index is 11.3. The van der Waals surface area contributed by atoms with Crippen molar-refractivity contribution in [3.8, 4) is 0 Å². The summed E-state index contributed by atoms with van der Waals surface area (Å²) in [4.78, 5) is 11.3. The van der Waals surface area contributed by atoms with E-state index in [0.717, 1.165) is 19.3 Å². The summed E-state index contributed by atoms with van der Waals surface area (Å²) in [6, 6.07) is 7.00. The average Bonchev–Trinajstić information content (AvgIpc) is 2.24. The lowest BCUT2D eigenvalue weighted by Gasteiger charge is -2.06. The van der Waals surface area contributed by atoms with Crippen LogP contribution in [0.25, 0.3) is 0 Å². The van der Waals surface area contributed by atoms with Crippen molar-refractivity contribution >= 4 is 17.5 Å². The first-order valence-corrected chi connectivity index (χ1v) is 5.51. The molecule has 0 radical (unpaired) electrons. The molecule has 0 aromatic heterocycles. The molecule has 4 heteroatoms. The number of amides is 1. The van der Waals surface area contributed by atoms with Crippen LogP contribution in [0.2, 0.25) is 0 Å². The van der Waals surface area contributed by atoms with Crippen LogP contribution >= 0.6 is 0 Å². The average molecular weight is 222 g/mol. The molecule has 1 aromatic rings. The highest BCUT2D eigenvalue weighted by Crippen LogP contribution is 2.11. The second-order valence-electron chi connectivity index (χ2n) is 3.59. The number of unbranched alkanes of at least 4 members (excludes halogenated alkanes) is 2. The normalized spacial score (nSPS) is 9.81. The highest BCUT2D eigenvalue weighted by Gasteiger charge is 2.02. The van der Waals surface area contributed by atoms with Crippen molar-refractivity contribution in [3.05, 3.63) is 24.3 Å². The van der Waals surface area contributed by atoms with Gasteiger partial charge in [-0.15, -0.1) is 0 Å². The number of rotatable bonds is 5. The monoisotopic (exact) mass is 222 g/mol. The summed E-state index contributed by atoms with van der Waals surface area (Å²) in [5.41, 5.74) is 6.85. The summed E-state index contributed by atoms with van der Waals surface area (Å²) in [6.07, 6.45) is 2.66. The van der Waals surface area contributed by atoms with Gasteiger partial charge in [0, 0.05) is 11.4 Å². The Labute approximate surface area is 95.8 Å². The highest BCUT2D eigenvalue weighted by molar-refractivity contribution is 5.85. The van der Waals surface area contributed by atoms with Gasteiger partial charge in [-0.05, 0) is 24.6 Å². The van der Waals surface area contributed by atoms with Crippen LogP contribution in [-0.2, 0) is 4.74 Å². The Morgan fingerprint density at radius 1 is 1.44 bits per heavy atom. The van der Waals surface area contributed by atoms with Gasteiger partial charge < -0.3 is 10.5 Å². The molecular formula is C12H18N2O2. The van der Waals surface area contributed by atoms with E-state index in [4.69, 9.17) is 10.5 Å². The molecule has 0 atom stereocenters. The lowest BCUT2D eigenvalue weighted by atomic mass is 10.3. The predicted octanol–water partition coefficient (Wildman–Crippen LogP) is 3.01. The molecule has 16 heavy (non-hydrogen) atoms. The van der Waals surface area contributed by atoms with E-state index >= 15 is 0 Å². The molecule has 0 bridgehead atoms. The van der Waals surface area contributed by atoms with Crippen molar-refractivity contribution in [1.82, 2.24) is 0 Å². The standard InChI is InChI=1S/C12H18N2O2/c1-2-3-4-8-16-12(15)14-11-7-5-6-10(13)9-11/h5-7,9H,2-4,8,13H2,1H3,(H,14,15). The molecule has 1 amide bonds. The van der Waals surface area contributed by atoms with Crippen LogP contribution < -0.4 is 11.1 Å². The molecule has 0 saturated carbocycles. The summed E-state index contributed by atoms with van der Waals surface area (Å²) in [5, 5.41) is 2.62. The van der Waals surface area contributed by atoms with Crippen LogP contribution in [-0.4, -0.2) is 12.7 Å². The van der Waals surface area contributed by atoms with Crippen LogP contribution in [0, 0.1) is 0 Å². The minimum atomic E-state index is -0.429. The Morgan fingerprint density at radius 3 is 2.94 bits per heavy atom. The van der Waals surface area contributed by atoms with Gasteiger partial charge in [-0.25, -0.2) is 4.79 Å². The molecule has 0 unspecified atom stereocenters. The zero-order valence-corrected chi connectivity index (χ0v) is 9.53. The number of carbonyl (C=O) groups is 1. The number of anilines is 2. The molecule has 4 nitrogen and oxygen atoms in total. The van der Waals surface area contributed by atoms with Crippen molar-refractivity contribution in [3.63, 3.8) is 0 Å². The van der Waals surface area contributed by atoms with Crippen LogP contribution in [0.1, 0.15) is 26.2 Å². The molecule has 3 N–H and O–H groups in total. The zero-order valence-electron chi connectivity index (χ0n) is 9.53. The molecule has 88 valence electrons. The third kappa shape index (κ3) is 4.68. The van der Waals surface area contributed by atoms with E-state index in [1.165, 1.54) is 0 Å². The maximum Gasteiger partial charge on any atom is 0.411 e. The van der Waals surface area contributed by atoms with Gasteiger partial charge in [0.05, 0.1) is 6.61 Å². The van der Waals surface area contributed by atoms with E-state index in [0.29, 0.717) is 18.0 Å². The molecule has 0 aliphatic carbocycles. The number of nitrogens with two attached hydrogens (primary N) is 1. The van der Waals surface area contributed by atoms with Crippen LogP contribution in [0.15, 0.2) is 24.3 Å². The fourth-order valence-electron chi connectivity index (χ4n) is 1.29. The van der Waals surface area contributed by atoms with Crippen LogP contribution in [0.4, 0.5) is 16.2 Å². The molecule has 0 aliphatic heterocycles. The van der Waals surface area contributed by atoms with Gasteiger partial charge >= 0.3 is 6.09 Å². The zero-order chi connectivity index (χ0) is 11.8. The third-order valence-corrected chi connectivity index (χ3v) is 2.11. The number of nitrogens with one attached hydrogen (secondary N) is 1. The Bertz CT molecular complexity index is 340. The SMILES string of the molecule is CCCCCOC(=O)Nc1cccc(N)c1. The predicted molar refractivity (Wildman–Crippen MR) is 65.4 cm³/mol. The van der Waals surface area contributed by atoms with Gasteiger partial charge in [0.15, 0.2) is 0 Å². The fraction of sp³-hybridized carbons (Fsp3) is 0.417. The van der Waals surface area contributed by atoms with Gasteiger partial charge in [0.2, 0.25) is 0 Å². The first-order chi connectivity index (χ1) is 7.72. The maximum absolute atomic E-state index is 11.3. The van der Waals surface area contributed by atoms with E-state index in [1.54, 1.807) is 24.3 Å². The minimum Gasteiger partial charge on any atom is -0.449 e. The van der Waals surface area contributed by atoms with E-state index < -0.39 is 6.09 Å². The number of hydrogen-bond acceptors (Lipinski definition) is 3. The van der Waals surface area contributed by atoms with Gasteiger partial charge in [0.25, 0.3) is 0 Å². The molecule has 1 rings (SSSR count). The van der Waals surface area contributed by atoms with Crippen molar-refractivity contribution in [2.24, 2.45) is 0 Å². The molecule has 0 fully saturated rings. The second-order valence-corrected chi connectivity index (χ2v) is 3.59. The summed E-state index contributed by atoms with van der Waals surface area (Å²) in [7, 11) is 0. The minimum absolute atomic E-state index is 0.429. The van der Waals surface area contributed by atoms with Gasteiger partial charge in [0.1, 0.15) is 0 Å². The van der Waals surface area contributed by atoms with E-state index in [2.05, 4.69) is 12.2 Å². The lowest BCUT2D eigenvalue weighted by molar-refractivity contribution is 0.159. The smallest absolute Gasteiger partial charge is 0.411 e. The number of carbonyl (C=O) groups excluding carboxylic acids is 1. The topological polar surface area (TPSA) is 64.3 Å². The van der Waals surface area contributed by atoms with Crippen LogP contribution in [0.5, 0.6) is 0 Å². The van der Waals surface area contributed by atoms with Gasteiger partial charge in [-0.1, -0.05) is 25.8 Å². The molecule has 1 aromatic carbocycles. The highest BCUT2D eigenvalue weighted by atomic mass is 16.5. The molecule has 0 aliphatic rings. The van der Waals surface area contributed by atoms with E-state index in [9.17, 15) is 4.79 Å². The van der Waals surface area contributed by atoms with Gasteiger partial charge in [-0.2, -0.15) is 0 Å². The van der Waals surface area contributed by atoms with Crippen molar-refractivity contribution in [1.29, 1.82) is 0 Å². The molecule has 0 heterocycles. The number of nitrogen functional groups attached to an aromatic ring is 1. The quantitative estimate of drug-likeness (QED) is 0.594.